The summed E-state index contributed by atoms with van der Waals surface area (Å²) in [7, 11) is 0. The fraction of sp³-hybridized carbons (Fsp3) is 0.562. The molecule has 108 valence electrons. The van der Waals surface area contributed by atoms with E-state index in [-0.39, 0.29) is 17.7 Å². The van der Waals surface area contributed by atoms with Gasteiger partial charge in [0.1, 0.15) is 11.3 Å². The summed E-state index contributed by atoms with van der Waals surface area (Å²) >= 11 is 0. The predicted octanol–water partition coefficient (Wildman–Crippen LogP) is 2.54. The van der Waals surface area contributed by atoms with Crippen molar-refractivity contribution >= 4 is 5.97 Å². The first-order valence-electron chi connectivity index (χ1n) is 7.24. The lowest BCUT2D eigenvalue weighted by molar-refractivity contribution is -0.146. The second-order valence-electron chi connectivity index (χ2n) is 6.56. The van der Waals surface area contributed by atoms with E-state index in [9.17, 15) is 15.0 Å². The fourth-order valence-corrected chi connectivity index (χ4v) is 3.86. The maximum atomic E-state index is 11.8. The van der Waals surface area contributed by atoms with Crippen LogP contribution in [0.25, 0.3) is 0 Å². The molecule has 2 fully saturated rings. The number of hydrogen-bond donors (Lipinski definition) is 3. The van der Waals surface area contributed by atoms with Crippen LogP contribution in [-0.4, -0.2) is 21.7 Å². The number of phenolic OH excluding ortho intramolecular Hbond substituents is 1. The highest BCUT2D eigenvalue weighted by atomic mass is 16.4. The van der Waals surface area contributed by atoms with Gasteiger partial charge in [-0.2, -0.15) is 0 Å². The van der Waals surface area contributed by atoms with Gasteiger partial charge in [0, 0.05) is 11.6 Å². The molecule has 3 rings (SSSR count). The number of nitrogens with one attached hydrogen (secondary N) is 1. The Morgan fingerprint density at radius 3 is 2.75 bits per heavy atom. The first kappa shape index (κ1) is 13.4. The number of para-hydroxylation sites is 1. The monoisotopic (exact) mass is 275 g/mol. The number of carboxylic acids is 1. The molecule has 0 aromatic heterocycles. The number of carbonyl (C=O) groups is 1. The SMILES string of the molecule is CC(C)C[C@]1(C(=O)O)N[C@@H](c2ccccc2O)C2CC21. The minimum atomic E-state index is -0.828. The van der Waals surface area contributed by atoms with Gasteiger partial charge in [-0.25, -0.2) is 0 Å². The van der Waals surface area contributed by atoms with E-state index in [1.54, 1.807) is 12.1 Å². The largest absolute Gasteiger partial charge is 0.508 e. The molecular formula is C16H21NO3. The second kappa shape index (κ2) is 4.48. The number of benzene rings is 1. The third-order valence-corrected chi connectivity index (χ3v) is 4.70. The maximum absolute atomic E-state index is 11.8. The van der Waals surface area contributed by atoms with Gasteiger partial charge in [-0.1, -0.05) is 32.0 Å². The number of fused-ring (bicyclic) bond motifs is 1. The first-order chi connectivity index (χ1) is 9.45. The zero-order valence-corrected chi connectivity index (χ0v) is 11.8. The van der Waals surface area contributed by atoms with Gasteiger partial charge in [0.15, 0.2) is 0 Å². The summed E-state index contributed by atoms with van der Waals surface area (Å²) in [6.07, 6.45) is 1.57. The first-order valence-corrected chi connectivity index (χ1v) is 7.24. The number of aliphatic carboxylic acids is 1. The van der Waals surface area contributed by atoms with Crippen molar-refractivity contribution in [1.82, 2.24) is 5.32 Å². The molecule has 2 aliphatic rings. The minimum absolute atomic E-state index is 0.0453. The van der Waals surface area contributed by atoms with Gasteiger partial charge < -0.3 is 10.2 Å². The number of phenols is 1. The van der Waals surface area contributed by atoms with Crippen molar-refractivity contribution in [2.45, 2.75) is 38.3 Å². The van der Waals surface area contributed by atoms with Crippen molar-refractivity contribution in [2.75, 3.05) is 0 Å². The standard InChI is InChI=1S/C16H21NO3/c1-9(2)8-16(15(19)20)12-7-11(12)14(17-16)10-5-3-4-6-13(10)18/h3-6,9,11-12,14,17-18H,7-8H2,1-2H3,(H,19,20)/t11?,12?,14-,16-/m0/s1. The smallest absolute Gasteiger partial charge is 0.324 e. The van der Waals surface area contributed by atoms with Gasteiger partial charge in [0.2, 0.25) is 0 Å². The van der Waals surface area contributed by atoms with Gasteiger partial charge in [0.25, 0.3) is 0 Å². The number of carboxylic acid groups (broad SMARTS) is 1. The van der Waals surface area contributed by atoms with Crippen molar-refractivity contribution in [3.05, 3.63) is 29.8 Å². The molecule has 4 heteroatoms. The van der Waals surface area contributed by atoms with Crippen molar-refractivity contribution < 1.29 is 15.0 Å². The van der Waals surface area contributed by atoms with Crippen LogP contribution in [0.4, 0.5) is 0 Å². The second-order valence-corrected chi connectivity index (χ2v) is 6.56. The summed E-state index contributed by atoms with van der Waals surface area (Å²) in [5.41, 5.74) is -0.00178. The van der Waals surface area contributed by atoms with Crippen LogP contribution in [0.1, 0.15) is 38.3 Å². The Kier molecular flexibility index (Phi) is 3.01. The summed E-state index contributed by atoms with van der Waals surface area (Å²) in [6.45, 7) is 4.11. The van der Waals surface area contributed by atoms with Crippen molar-refractivity contribution in [1.29, 1.82) is 0 Å². The molecule has 0 radical (unpaired) electrons. The lowest BCUT2D eigenvalue weighted by Gasteiger charge is -2.31. The average molecular weight is 275 g/mol. The molecule has 4 atom stereocenters. The lowest BCUT2D eigenvalue weighted by atomic mass is 9.85. The quantitative estimate of drug-likeness (QED) is 0.790. The minimum Gasteiger partial charge on any atom is -0.508 e. The molecule has 20 heavy (non-hydrogen) atoms. The van der Waals surface area contributed by atoms with Crippen LogP contribution >= 0.6 is 0 Å². The highest BCUT2D eigenvalue weighted by Gasteiger charge is 2.66. The molecule has 3 N–H and O–H groups in total. The lowest BCUT2D eigenvalue weighted by Crippen LogP contribution is -2.52. The van der Waals surface area contributed by atoms with Gasteiger partial charge in [-0.3, -0.25) is 10.1 Å². The van der Waals surface area contributed by atoms with Crippen molar-refractivity contribution in [3.8, 4) is 5.75 Å². The normalized spacial score (nSPS) is 35.0. The third kappa shape index (κ3) is 1.90. The van der Waals surface area contributed by atoms with Crippen LogP contribution in [0, 0.1) is 17.8 Å². The molecule has 0 spiro atoms. The molecule has 1 heterocycles. The molecule has 0 bridgehead atoms. The van der Waals surface area contributed by atoms with Crippen LogP contribution in [-0.2, 0) is 4.79 Å². The molecule has 0 amide bonds. The van der Waals surface area contributed by atoms with Gasteiger partial charge in [0.05, 0.1) is 0 Å². The topological polar surface area (TPSA) is 69.6 Å². The van der Waals surface area contributed by atoms with E-state index < -0.39 is 11.5 Å². The van der Waals surface area contributed by atoms with Gasteiger partial charge >= 0.3 is 5.97 Å². The Balaban J connectivity index is 1.93. The van der Waals surface area contributed by atoms with Crippen LogP contribution in [0.3, 0.4) is 0 Å². The van der Waals surface area contributed by atoms with Crippen LogP contribution in [0.2, 0.25) is 0 Å². The van der Waals surface area contributed by atoms with Gasteiger partial charge in [-0.05, 0) is 36.7 Å². The molecule has 1 saturated heterocycles. The summed E-state index contributed by atoms with van der Waals surface area (Å²) in [5, 5.41) is 23.1. The van der Waals surface area contributed by atoms with E-state index in [1.807, 2.05) is 12.1 Å². The van der Waals surface area contributed by atoms with Gasteiger partial charge in [-0.15, -0.1) is 0 Å². The summed E-state index contributed by atoms with van der Waals surface area (Å²) in [5.74, 6) is 0.339. The summed E-state index contributed by atoms with van der Waals surface area (Å²) in [6, 6.07) is 7.18. The molecule has 1 aromatic rings. The number of rotatable bonds is 4. The van der Waals surface area contributed by atoms with E-state index in [0.717, 1.165) is 12.0 Å². The Hall–Kier alpha value is -1.55. The molecule has 1 aliphatic carbocycles. The molecule has 1 aromatic carbocycles. The summed E-state index contributed by atoms with van der Waals surface area (Å²) < 4.78 is 0. The number of piperidine rings is 1. The van der Waals surface area contributed by atoms with Crippen LogP contribution in [0.5, 0.6) is 5.75 Å². The third-order valence-electron chi connectivity index (χ3n) is 4.70. The Morgan fingerprint density at radius 1 is 1.45 bits per heavy atom. The summed E-state index contributed by atoms with van der Waals surface area (Å²) in [4.78, 5) is 11.8. The molecule has 1 aliphatic heterocycles. The van der Waals surface area contributed by atoms with Crippen molar-refractivity contribution in [2.24, 2.45) is 17.8 Å². The molecular weight excluding hydrogens is 254 g/mol. The maximum Gasteiger partial charge on any atom is 0.324 e. The Labute approximate surface area is 118 Å². The van der Waals surface area contributed by atoms with Crippen LogP contribution < -0.4 is 5.32 Å². The average Bonchev–Trinajstić information content (AvgIpc) is 3.10. The molecule has 1 saturated carbocycles. The molecule has 2 unspecified atom stereocenters. The van der Waals surface area contributed by atoms with Crippen LogP contribution in [0.15, 0.2) is 24.3 Å². The van der Waals surface area contributed by atoms with E-state index in [2.05, 4.69) is 19.2 Å². The number of hydrogen-bond acceptors (Lipinski definition) is 3. The van der Waals surface area contributed by atoms with E-state index in [1.165, 1.54) is 0 Å². The Morgan fingerprint density at radius 2 is 2.15 bits per heavy atom. The fourth-order valence-electron chi connectivity index (χ4n) is 3.86. The molecule has 4 nitrogen and oxygen atoms in total. The zero-order valence-electron chi connectivity index (χ0n) is 11.8. The highest BCUT2D eigenvalue weighted by molar-refractivity contribution is 5.81. The number of aromatic hydroxyl groups is 1. The highest BCUT2D eigenvalue weighted by Crippen LogP contribution is 2.61. The van der Waals surface area contributed by atoms with E-state index in [0.29, 0.717) is 18.3 Å². The predicted molar refractivity (Wildman–Crippen MR) is 75.4 cm³/mol. The van der Waals surface area contributed by atoms with E-state index in [4.69, 9.17) is 0 Å². The zero-order chi connectivity index (χ0) is 14.5. The van der Waals surface area contributed by atoms with Crippen molar-refractivity contribution in [3.63, 3.8) is 0 Å². The van der Waals surface area contributed by atoms with E-state index >= 15 is 0 Å². The Bertz CT molecular complexity index is 542.